The van der Waals surface area contributed by atoms with Crippen molar-refractivity contribution in [2.24, 2.45) is 5.92 Å². The van der Waals surface area contributed by atoms with Crippen molar-refractivity contribution in [1.29, 1.82) is 0 Å². The first-order valence-corrected chi connectivity index (χ1v) is 9.19. The fraction of sp³-hybridized carbons (Fsp3) is 0.417. The van der Waals surface area contributed by atoms with Crippen LogP contribution in [0.2, 0.25) is 0 Å². The molecule has 1 fully saturated rings. The average Bonchev–Trinajstić information content (AvgIpc) is 2.90. The van der Waals surface area contributed by atoms with E-state index in [4.69, 9.17) is 15.4 Å². The van der Waals surface area contributed by atoms with Gasteiger partial charge in [0.25, 0.3) is 15.0 Å². The minimum Gasteiger partial charge on any atom is -0.381 e. The van der Waals surface area contributed by atoms with Gasteiger partial charge in [-0.15, -0.1) is 0 Å². The molecule has 1 aromatic rings. The van der Waals surface area contributed by atoms with Crippen LogP contribution in [0.4, 0.5) is 4.39 Å². The van der Waals surface area contributed by atoms with Crippen molar-refractivity contribution in [3.8, 4) is 0 Å². The zero-order valence-corrected chi connectivity index (χ0v) is 13.9. The summed E-state index contributed by atoms with van der Waals surface area (Å²) in [6.45, 7) is 1.52. The van der Waals surface area contributed by atoms with Crippen molar-refractivity contribution in [3.05, 3.63) is 28.0 Å². The molecular formula is C12H12BrClFNO4S. The molecule has 1 aliphatic rings. The lowest BCUT2D eigenvalue weighted by atomic mass is 10.1. The topological polar surface area (TPSA) is 72.5 Å². The molecule has 2 rings (SSSR count). The van der Waals surface area contributed by atoms with Gasteiger partial charge in [0, 0.05) is 34.2 Å². The van der Waals surface area contributed by atoms with E-state index >= 15 is 0 Å². The van der Waals surface area contributed by atoms with Crippen molar-refractivity contribution in [2.75, 3.05) is 19.8 Å². The lowest BCUT2D eigenvalue weighted by Gasteiger charge is -2.11. The Hall–Kier alpha value is -0.700. The first-order valence-electron chi connectivity index (χ1n) is 6.08. The summed E-state index contributed by atoms with van der Waals surface area (Å²) in [7, 11) is 0.881. The lowest BCUT2D eigenvalue weighted by molar-refractivity contribution is 0.0940. The summed E-state index contributed by atoms with van der Waals surface area (Å²) in [6.07, 6.45) is 0.822. The number of rotatable bonds is 4. The van der Waals surface area contributed by atoms with Crippen LogP contribution < -0.4 is 5.32 Å². The Balaban J connectivity index is 2.22. The largest absolute Gasteiger partial charge is 0.381 e. The van der Waals surface area contributed by atoms with E-state index in [2.05, 4.69) is 21.2 Å². The van der Waals surface area contributed by atoms with Crippen molar-refractivity contribution in [3.63, 3.8) is 0 Å². The number of benzene rings is 1. The monoisotopic (exact) mass is 399 g/mol. The third kappa shape index (κ3) is 4.15. The zero-order chi connectivity index (χ0) is 15.6. The van der Waals surface area contributed by atoms with Gasteiger partial charge in [0.15, 0.2) is 5.82 Å². The molecule has 21 heavy (non-hydrogen) atoms. The first-order chi connectivity index (χ1) is 9.79. The van der Waals surface area contributed by atoms with Crippen LogP contribution in [0.25, 0.3) is 0 Å². The molecule has 0 saturated carbocycles. The van der Waals surface area contributed by atoms with Gasteiger partial charge in [-0.2, -0.15) is 0 Å². The molecule has 1 N–H and O–H groups in total. The predicted molar refractivity (Wildman–Crippen MR) is 78.4 cm³/mol. The van der Waals surface area contributed by atoms with Gasteiger partial charge in [-0.3, -0.25) is 4.79 Å². The normalized spacial score (nSPS) is 18.7. The predicted octanol–water partition coefficient (Wildman–Crippen LogP) is 2.28. The van der Waals surface area contributed by atoms with Crippen LogP contribution in [0, 0.1) is 11.7 Å². The molecular weight excluding hydrogens is 389 g/mol. The fourth-order valence-corrected chi connectivity index (χ4v) is 3.52. The SMILES string of the molecule is O=C(NCC1CCOC1)c1cc(Br)cc(S(=O)(=O)Cl)c1F. The van der Waals surface area contributed by atoms with Gasteiger partial charge < -0.3 is 10.1 Å². The number of ether oxygens (including phenoxy) is 1. The average molecular weight is 401 g/mol. The minimum absolute atomic E-state index is 0.181. The quantitative estimate of drug-likeness (QED) is 0.787. The van der Waals surface area contributed by atoms with Gasteiger partial charge in [0.2, 0.25) is 0 Å². The van der Waals surface area contributed by atoms with E-state index < -0.39 is 25.7 Å². The Morgan fingerprint density at radius 2 is 2.24 bits per heavy atom. The summed E-state index contributed by atoms with van der Waals surface area (Å²) in [5, 5.41) is 2.57. The van der Waals surface area contributed by atoms with E-state index in [-0.39, 0.29) is 16.0 Å². The van der Waals surface area contributed by atoms with Gasteiger partial charge in [0.05, 0.1) is 12.2 Å². The van der Waals surface area contributed by atoms with Crippen LogP contribution >= 0.6 is 26.6 Å². The van der Waals surface area contributed by atoms with Crippen LogP contribution in [-0.2, 0) is 13.8 Å². The molecule has 9 heteroatoms. The van der Waals surface area contributed by atoms with E-state index in [0.717, 1.165) is 12.5 Å². The molecule has 5 nitrogen and oxygen atoms in total. The third-order valence-corrected chi connectivity index (χ3v) is 4.87. The second-order valence-electron chi connectivity index (χ2n) is 4.64. The van der Waals surface area contributed by atoms with E-state index in [1.54, 1.807) is 0 Å². The van der Waals surface area contributed by atoms with E-state index in [0.29, 0.717) is 19.8 Å². The second kappa shape index (κ2) is 6.60. The number of hydrogen-bond acceptors (Lipinski definition) is 4. The maximum absolute atomic E-state index is 14.1. The molecule has 1 atom stereocenters. The molecule has 1 amide bonds. The van der Waals surface area contributed by atoms with Crippen LogP contribution in [-0.4, -0.2) is 34.1 Å². The Kier molecular flexibility index (Phi) is 5.24. The molecule has 1 aromatic carbocycles. The summed E-state index contributed by atoms with van der Waals surface area (Å²) in [4.78, 5) is 11.3. The van der Waals surface area contributed by atoms with Crippen LogP contribution in [0.3, 0.4) is 0 Å². The molecule has 0 aromatic heterocycles. The van der Waals surface area contributed by atoms with Crippen molar-refractivity contribution < 1.29 is 22.3 Å². The third-order valence-electron chi connectivity index (χ3n) is 3.09. The molecule has 116 valence electrons. The van der Waals surface area contributed by atoms with Crippen molar-refractivity contribution in [2.45, 2.75) is 11.3 Å². The van der Waals surface area contributed by atoms with E-state index in [1.165, 1.54) is 6.07 Å². The number of amides is 1. The molecule has 1 aliphatic heterocycles. The molecule has 1 unspecified atom stereocenters. The van der Waals surface area contributed by atoms with Crippen LogP contribution in [0.5, 0.6) is 0 Å². The molecule has 0 spiro atoms. The highest BCUT2D eigenvalue weighted by Gasteiger charge is 2.24. The Labute approximate surface area is 134 Å². The first kappa shape index (κ1) is 16.7. The molecule has 0 bridgehead atoms. The smallest absolute Gasteiger partial charge is 0.264 e. The highest BCUT2D eigenvalue weighted by molar-refractivity contribution is 9.10. The zero-order valence-electron chi connectivity index (χ0n) is 10.7. The van der Waals surface area contributed by atoms with Gasteiger partial charge >= 0.3 is 0 Å². The number of hydrogen-bond donors (Lipinski definition) is 1. The molecule has 0 aliphatic carbocycles. The minimum atomic E-state index is -4.28. The van der Waals surface area contributed by atoms with Gasteiger partial charge in [-0.05, 0) is 18.6 Å². The highest BCUT2D eigenvalue weighted by Crippen LogP contribution is 2.26. The summed E-state index contributed by atoms with van der Waals surface area (Å²) in [5.74, 6) is -1.67. The Morgan fingerprint density at radius 1 is 1.52 bits per heavy atom. The van der Waals surface area contributed by atoms with E-state index in [9.17, 15) is 17.6 Å². The van der Waals surface area contributed by atoms with Crippen LogP contribution in [0.15, 0.2) is 21.5 Å². The summed E-state index contributed by atoms with van der Waals surface area (Å²) < 4.78 is 42.2. The molecule has 0 radical (unpaired) electrons. The maximum atomic E-state index is 14.1. The second-order valence-corrected chi connectivity index (χ2v) is 8.09. The number of halogens is 3. The van der Waals surface area contributed by atoms with Gasteiger partial charge in [0.1, 0.15) is 4.90 Å². The standard InChI is InChI=1S/C12H12BrClFNO4S/c13-8-3-9(11(15)10(4-8)21(14,18)19)12(17)16-5-7-1-2-20-6-7/h3-4,7H,1-2,5-6H2,(H,16,17). The summed E-state index contributed by atoms with van der Waals surface area (Å²) >= 11 is 3.04. The van der Waals surface area contributed by atoms with Gasteiger partial charge in [-0.25, -0.2) is 12.8 Å². The maximum Gasteiger partial charge on any atom is 0.264 e. The van der Waals surface area contributed by atoms with Crippen molar-refractivity contribution in [1.82, 2.24) is 5.32 Å². The number of carbonyl (C=O) groups excluding carboxylic acids is 1. The number of nitrogens with one attached hydrogen (secondary N) is 1. The Bertz CT molecular complexity index is 661. The summed E-state index contributed by atoms with van der Waals surface area (Å²) in [5.41, 5.74) is -0.373. The van der Waals surface area contributed by atoms with Crippen LogP contribution in [0.1, 0.15) is 16.8 Å². The highest BCUT2D eigenvalue weighted by atomic mass is 79.9. The van der Waals surface area contributed by atoms with Crippen molar-refractivity contribution >= 4 is 41.6 Å². The molecule has 1 saturated heterocycles. The number of carbonyl (C=O) groups is 1. The van der Waals surface area contributed by atoms with E-state index in [1.807, 2.05) is 0 Å². The lowest BCUT2D eigenvalue weighted by Crippen LogP contribution is -2.30. The van der Waals surface area contributed by atoms with Gasteiger partial charge in [-0.1, -0.05) is 15.9 Å². The Morgan fingerprint density at radius 3 is 2.81 bits per heavy atom. The fourth-order valence-electron chi connectivity index (χ4n) is 1.98. The summed E-state index contributed by atoms with van der Waals surface area (Å²) in [6, 6.07) is 2.22. The molecule has 1 heterocycles.